The number of carbonyl (C=O) groups excluding carboxylic acids is 3. The SMILES string of the molecule is CN(CCN(C)S(=O)(=O)c1ccc(CON2C(=O)c3ccccc3C2=O)c([N+](=O)[O-])c1)C(=O)OC(C)(C)C. The van der Waals surface area contributed by atoms with Gasteiger partial charge >= 0.3 is 6.09 Å². The molecule has 204 valence electrons. The maximum atomic E-state index is 13.0. The Balaban J connectivity index is 1.72. The molecule has 3 rings (SSSR count). The number of rotatable bonds is 9. The van der Waals surface area contributed by atoms with E-state index in [1.54, 1.807) is 32.9 Å². The molecule has 0 saturated carbocycles. The molecule has 0 bridgehead atoms. The van der Waals surface area contributed by atoms with Crippen molar-refractivity contribution in [2.75, 3.05) is 27.2 Å². The van der Waals surface area contributed by atoms with E-state index in [0.717, 1.165) is 16.4 Å². The second-order valence-electron chi connectivity index (χ2n) is 9.50. The molecule has 13 nitrogen and oxygen atoms in total. The van der Waals surface area contributed by atoms with Gasteiger partial charge in [-0.3, -0.25) is 24.5 Å². The van der Waals surface area contributed by atoms with Gasteiger partial charge in [-0.2, -0.15) is 4.31 Å². The zero-order chi connectivity index (χ0) is 28.4. The summed E-state index contributed by atoms with van der Waals surface area (Å²) in [5, 5.41) is 12.2. The van der Waals surface area contributed by atoms with E-state index in [4.69, 9.17) is 9.57 Å². The minimum atomic E-state index is -4.16. The van der Waals surface area contributed by atoms with Gasteiger partial charge < -0.3 is 9.64 Å². The number of benzene rings is 2. The number of hydrogen-bond acceptors (Lipinski definition) is 9. The minimum Gasteiger partial charge on any atom is -0.444 e. The molecule has 1 aliphatic heterocycles. The lowest BCUT2D eigenvalue weighted by Gasteiger charge is -2.26. The molecule has 0 aromatic heterocycles. The van der Waals surface area contributed by atoms with Gasteiger partial charge in [-0.1, -0.05) is 12.1 Å². The summed E-state index contributed by atoms with van der Waals surface area (Å²) in [6.45, 7) is 4.50. The number of likely N-dealkylation sites (N-methyl/N-ethyl adjacent to an activating group) is 2. The number of nitro groups is 1. The fraction of sp³-hybridized carbons (Fsp3) is 0.375. The predicted octanol–water partition coefficient (Wildman–Crippen LogP) is 2.81. The number of imide groups is 1. The molecule has 0 fully saturated rings. The van der Waals surface area contributed by atoms with Gasteiger partial charge in [0.25, 0.3) is 17.5 Å². The summed E-state index contributed by atoms with van der Waals surface area (Å²) in [6, 6.07) is 9.33. The number of sulfonamides is 1. The van der Waals surface area contributed by atoms with Gasteiger partial charge in [-0.15, -0.1) is 5.06 Å². The van der Waals surface area contributed by atoms with Gasteiger partial charge in [0.15, 0.2) is 0 Å². The lowest BCUT2D eigenvalue weighted by molar-refractivity contribution is -0.386. The average molecular weight is 549 g/mol. The lowest BCUT2D eigenvalue weighted by atomic mass is 10.1. The first-order valence-corrected chi connectivity index (χ1v) is 12.9. The molecular formula is C24H28N4O9S. The molecule has 2 aromatic rings. The van der Waals surface area contributed by atoms with Gasteiger partial charge in [-0.05, 0) is 45.0 Å². The van der Waals surface area contributed by atoms with Gasteiger partial charge in [0.2, 0.25) is 10.0 Å². The molecule has 0 spiro atoms. The number of amides is 3. The second-order valence-corrected chi connectivity index (χ2v) is 11.5. The summed E-state index contributed by atoms with van der Waals surface area (Å²) >= 11 is 0. The monoisotopic (exact) mass is 548 g/mol. The third-order valence-corrected chi connectivity index (χ3v) is 7.38. The normalized spacial score (nSPS) is 13.6. The van der Waals surface area contributed by atoms with E-state index in [1.807, 2.05) is 0 Å². The van der Waals surface area contributed by atoms with Crippen LogP contribution in [0.1, 0.15) is 47.1 Å². The van der Waals surface area contributed by atoms with Crippen LogP contribution in [0.2, 0.25) is 0 Å². The van der Waals surface area contributed by atoms with Crippen LogP contribution in [0.5, 0.6) is 0 Å². The Morgan fingerprint density at radius 2 is 1.61 bits per heavy atom. The molecule has 14 heteroatoms. The van der Waals surface area contributed by atoms with Crippen LogP contribution in [0.3, 0.4) is 0 Å². The van der Waals surface area contributed by atoms with Crippen molar-refractivity contribution in [1.29, 1.82) is 0 Å². The number of fused-ring (bicyclic) bond motifs is 1. The molecule has 0 radical (unpaired) electrons. The van der Waals surface area contributed by atoms with Crippen molar-refractivity contribution in [1.82, 2.24) is 14.3 Å². The Kier molecular flexibility index (Phi) is 8.19. The van der Waals surface area contributed by atoms with E-state index in [9.17, 15) is 32.9 Å². The highest BCUT2D eigenvalue weighted by Gasteiger charge is 2.37. The maximum absolute atomic E-state index is 13.0. The van der Waals surface area contributed by atoms with Crippen LogP contribution >= 0.6 is 0 Å². The Morgan fingerprint density at radius 3 is 2.13 bits per heavy atom. The minimum absolute atomic E-state index is 0.0128. The van der Waals surface area contributed by atoms with E-state index in [-0.39, 0.29) is 34.7 Å². The lowest BCUT2D eigenvalue weighted by Crippen LogP contribution is -2.39. The number of hydroxylamine groups is 2. The van der Waals surface area contributed by atoms with Crippen molar-refractivity contribution in [2.24, 2.45) is 0 Å². The highest BCUT2D eigenvalue weighted by molar-refractivity contribution is 7.89. The first-order valence-electron chi connectivity index (χ1n) is 11.4. The van der Waals surface area contributed by atoms with Crippen LogP contribution in [0.4, 0.5) is 10.5 Å². The predicted molar refractivity (Wildman–Crippen MR) is 134 cm³/mol. The third kappa shape index (κ3) is 6.15. The molecular weight excluding hydrogens is 520 g/mol. The molecule has 38 heavy (non-hydrogen) atoms. The number of hydrogen-bond donors (Lipinski definition) is 0. The van der Waals surface area contributed by atoms with E-state index in [2.05, 4.69) is 0 Å². The van der Waals surface area contributed by atoms with Crippen LogP contribution in [0.15, 0.2) is 47.4 Å². The third-order valence-electron chi connectivity index (χ3n) is 5.52. The van der Waals surface area contributed by atoms with Crippen molar-refractivity contribution in [3.8, 4) is 0 Å². The quantitative estimate of drug-likeness (QED) is 0.261. The van der Waals surface area contributed by atoms with E-state index >= 15 is 0 Å². The standard InChI is InChI=1S/C24H28N4O9S/c1-24(2,3)37-23(31)25(4)12-13-26(5)38(34,35)17-11-10-16(20(14-17)28(32)33)15-36-27-21(29)18-8-6-7-9-19(18)22(27)30/h6-11,14H,12-13,15H2,1-5H3. The number of ether oxygens (including phenoxy) is 1. The molecule has 3 amide bonds. The van der Waals surface area contributed by atoms with E-state index < -0.39 is 50.7 Å². The van der Waals surface area contributed by atoms with E-state index in [1.165, 1.54) is 37.2 Å². The maximum Gasteiger partial charge on any atom is 0.410 e. The highest BCUT2D eigenvalue weighted by Crippen LogP contribution is 2.28. The van der Waals surface area contributed by atoms with Crippen LogP contribution in [0.25, 0.3) is 0 Å². The van der Waals surface area contributed by atoms with Crippen LogP contribution in [-0.2, 0) is 26.2 Å². The van der Waals surface area contributed by atoms with Gasteiger partial charge in [-0.25, -0.2) is 13.2 Å². The summed E-state index contributed by atoms with van der Waals surface area (Å²) in [5.41, 5.74) is -1.03. The topological polar surface area (TPSA) is 157 Å². The Labute approximate surface area is 219 Å². The number of carbonyl (C=O) groups is 3. The zero-order valence-electron chi connectivity index (χ0n) is 21.5. The van der Waals surface area contributed by atoms with Crippen molar-refractivity contribution in [3.63, 3.8) is 0 Å². The largest absolute Gasteiger partial charge is 0.444 e. The van der Waals surface area contributed by atoms with Crippen molar-refractivity contribution in [3.05, 3.63) is 69.3 Å². The molecule has 1 heterocycles. The van der Waals surface area contributed by atoms with Crippen molar-refractivity contribution < 1.29 is 37.3 Å². The Morgan fingerprint density at radius 1 is 1.03 bits per heavy atom. The number of nitrogens with zero attached hydrogens (tertiary/aromatic N) is 4. The summed E-state index contributed by atoms with van der Waals surface area (Å²) in [4.78, 5) is 54.1. The van der Waals surface area contributed by atoms with Crippen LogP contribution in [0, 0.1) is 10.1 Å². The van der Waals surface area contributed by atoms with Crippen LogP contribution in [-0.4, -0.2) is 78.3 Å². The average Bonchev–Trinajstić information content (AvgIpc) is 3.09. The summed E-state index contributed by atoms with van der Waals surface area (Å²) in [6.07, 6.45) is -0.624. The van der Waals surface area contributed by atoms with E-state index in [0.29, 0.717) is 5.06 Å². The highest BCUT2D eigenvalue weighted by atomic mass is 32.2. The first kappa shape index (κ1) is 28.7. The number of nitro benzene ring substituents is 1. The molecule has 0 atom stereocenters. The molecule has 0 aliphatic carbocycles. The summed E-state index contributed by atoms with van der Waals surface area (Å²) in [5.74, 6) is -1.41. The summed E-state index contributed by atoms with van der Waals surface area (Å²) in [7, 11) is -1.42. The van der Waals surface area contributed by atoms with Gasteiger partial charge in [0, 0.05) is 33.3 Å². The zero-order valence-corrected chi connectivity index (χ0v) is 22.4. The fourth-order valence-corrected chi connectivity index (χ4v) is 4.62. The molecule has 0 N–H and O–H groups in total. The van der Waals surface area contributed by atoms with Gasteiger partial charge in [0.1, 0.15) is 12.2 Å². The van der Waals surface area contributed by atoms with Gasteiger partial charge in [0.05, 0.1) is 26.5 Å². The molecule has 0 unspecified atom stereocenters. The molecule has 0 saturated heterocycles. The Hall–Kier alpha value is -3.88. The smallest absolute Gasteiger partial charge is 0.410 e. The second kappa shape index (κ2) is 10.8. The van der Waals surface area contributed by atoms with Crippen LogP contribution < -0.4 is 0 Å². The molecule has 1 aliphatic rings. The van der Waals surface area contributed by atoms with Crippen molar-refractivity contribution in [2.45, 2.75) is 37.9 Å². The fourth-order valence-electron chi connectivity index (χ4n) is 3.44. The molecule has 2 aromatic carbocycles. The Bertz CT molecular complexity index is 1350. The summed E-state index contributed by atoms with van der Waals surface area (Å²) < 4.78 is 32.3. The first-order chi connectivity index (χ1) is 17.6. The van der Waals surface area contributed by atoms with Crippen molar-refractivity contribution >= 4 is 33.6 Å².